The molecule has 0 fully saturated rings. The lowest BCUT2D eigenvalue weighted by atomic mass is 10.0. The van der Waals surface area contributed by atoms with E-state index < -0.39 is 22.9 Å². The van der Waals surface area contributed by atoms with Gasteiger partial charge in [0.2, 0.25) is 11.2 Å². The second-order valence-corrected chi connectivity index (χ2v) is 7.86. The molecule has 0 aliphatic rings. The average Bonchev–Trinajstić information content (AvgIpc) is 2.83. The third-order valence-electron chi connectivity index (χ3n) is 5.13. The Bertz CT molecular complexity index is 1330. The Morgan fingerprint density at radius 3 is 2.49 bits per heavy atom. The van der Waals surface area contributed by atoms with Crippen LogP contribution in [-0.4, -0.2) is 36.5 Å². The van der Waals surface area contributed by atoms with Crippen molar-refractivity contribution in [3.05, 3.63) is 69.9 Å². The van der Waals surface area contributed by atoms with Gasteiger partial charge in [-0.15, -0.1) is 0 Å². The summed E-state index contributed by atoms with van der Waals surface area (Å²) in [6.45, 7) is 5.84. The average molecular weight is 481 g/mol. The SMILES string of the molecule is CCOC(=O)/C=C/COc1cc(O)c2c(=O)c(O)c(-c3ccc(OC)cc3)oc2c1CC=C(C)C. The molecule has 0 amide bonds. The summed E-state index contributed by atoms with van der Waals surface area (Å²) in [6.07, 6.45) is 5.00. The number of carbonyl (C=O) groups excluding carboxylic acids is 1. The van der Waals surface area contributed by atoms with Gasteiger partial charge in [0.15, 0.2) is 5.76 Å². The van der Waals surface area contributed by atoms with Gasteiger partial charge in [0.25, 0.3) is 0 Å². The Labute approximate surface area is 202 Å². The lowest BCUT2D eigenvalue weighted by Crippen LogP contribution is -2.07. The molecular weight excluding hydrogens is 452 g/mol. The predicted molar refractivity (Wildman–Crippen MR) is 132 cm³/mol. The molecular formula is C27H28O8. The smallest absolute Gasteiger partial charge is 0.330 e. The largest absolute Gasteiger partial charge is 0.507 e. The Morgan fingerprint density at radius 2 is 1.86 bits per heavy atom. The van der Waals surface area contributed by atoms with Crippen LogP contribution in [-0.2, 0) is 16.0 Å². The number of esters is 1. The Balaban J connectivity index is 2.16. The summed E-state index contributed by atoms with van der Waals surface area (Å²) in [5.41, 5.74) is 1.33. The number of phenols is 1. The maximum absolute atomic E-state index is 13.1. The Kier molecular flexibility index (Phi) is 8.20. The summed E-state index contributed by atoms with van der Waals surface area (Å²) < 4.78 is 21.9. The minimum Gasteiger partial charge on any atom is -0.507 e. The van der Waals surface area contributed by atoms with Crippen molar-refractivity contribution >= 4 is 16.9 Å². The van der Waals surface area contributed by atoms with E-state index in [1.54, 1.807) is 31.2 Å². The topological polar surface area (TPSA) is 115 Å². The van der Waals surface area contributed by atoms with Crippen LogP contribution in [0.3, 0.4) is 0 Å². The molecule has 0 bridgehead atoms. The molecule has 0 atom stereocenters. The van der Waals surface area contributed by atoms with Crippen molar-refractivity contribution in [2.24, 2.45) is 0 Å². The molecule has 1 aromatic heterocycles. The van der Waals surface area contributed by atoms with Crippen molar-refractivity contribution in [1.82, 2.24) is 0 Å². The van der Waals surface area contributed by atoms with Crippen LogP contribution >= 0.6 is 0 Å². The van der Waals surface area contributed by atoms with Gasteiger partial charge >= 0.3 is 5.97 Å². The minimum absolute atomic E-state index is 0.0131. The van der Waals surface area contributed by atoms with Gasteiger partial charge in [-0.2, -0.15) is 0 Å². The van der Waals surface area contributed by atoms with Crippen LogP contribution in [0.2, 0.25) is 0 Å². The molecule has 0 saturated heterocycles. The molecule has 3 aromatic rings. The third kappa shape index (κ3) is 5.84. The predicted octanol–water partition coefficient (Wildman–Crippen LogP) is 4.89. The lowest BCUT2D eigenvalue weighted by molar-refractivity contribution is -0.137. The van der Waals surface area contributed by atoms with Crippen LogP contribution in [0.5, 0.6) is 23.0 Å². The van der Waals surface area contributed by atoms with Gasteiger partial charge in [0, 0.05) is 23.3 Å². The number of benzene rings is 2. The van der Waals surface area contributed by atoms with Gasteiger partial charge in [-0.05, 0) is 57.5 Å². The van der Waals surface area contributed by atoms with Gasteiger partial charge in [-0.3, -0.25) is 4.79 Å². The van der Waals surface area contributed by atoms with E-state index in [1.165, 1.54) is 25.3 Å². The maximum atomic E-state index is 13.1. The van der Waals surface area contributed by atoms with Crippen LogP contribution in [0.15, 0.2) is 63.3 Å². The highest BCUT2D eigenvalue weighted by Gasteiger charge is 2.23. The van der Waals surface area contributed by atoms with Crippen LogP contribution in [0.4, 0.5) is 0 Å². The molecule has 1 heterocycles. The first-order valence-corrected chi connectivity index (χ1v) is 11.0. The van der Waals surface area contributed by atoms with Crippen molar-refractivity contribution in [1.29, 1.82) is 0 Å². The zero-order valence-electron chi connectivity index (χ0n) is 20.1. The van der Waals surface area contributed by atoms with E-state index in [1.807, 2.05) is 19.9 Å². The number of aromatic hydroxyl groups is 2. The number of carbonyl (C=O) groups is 1. The van der Waals surface area contributed by atoms with E-state index in [0.717, 1.165) is 5.57 Å². The second-order valence-electron chi connectivity index (χ2n) is 7.86. The van der Waals surface area contributed by atoms with E-state index in [2.05, 4.69) is 0 Å². The Morgan fingerprint density at radius 1 is 1.14 bits per heavy atom. The highest BCUT2D eigenvalue weighted by molar-refractivity contribution is 5.91. The molecule has 0 saturated carbocycles. The molecule has 0 unspecified atom stereocenters. The quantitative estimate of drug-likeness (QED) is 0.253. The van der Waals surface area contributed by atoms with Crippen molar-refractivity contribution in [3.63, 3.8) is 0 Å². The van der Waals surface area contributed by atoms with Crippen LogP contribution in [0.1, 0.15) is 26.3 Å². The number of allylic oxidation sites excluding steroid dienone is 2. The first-order chi connectivity index (χ1) is 16.8. The van der Waals surface area contributed by atoms with E-state index in [-0.39, 0.29) is 35.7 Å². The van der Waals surface area contributed by atoms with E-state index in [4.69, 9.17) is 18.6 Å². The second kappa shape index (κ2) is 11.3. The van der Waals surface area contributed by atoms with Crippen molar-refractivity contribution in [3.8, 4) is 34.3 Å². The van der Waals surface area contributed by atoms with E-state index in [0.29, 0.717) is 23.3 Å². The van der Waals surface area contributed by atoms with Gasteiger partial charge in [0.1, 0.15) is 34.8 Å². The highest BCUT2D eigenvalue weighted by atomic mass is 16.5. The summed E-state index contributed by atoms with van der Waals surface area (Å²) >= 11 is 0. The van der Waals surface area contributed by atoms with Gasteiger partial charge in [0.05, 0.1) is 13.7 Å². The fraction of sp³-hybridized carbons (Fsp3) is 0.259. The van der Waals surface area contributed by atoms with E-state index in [9.17, 15) is 19.8 Å². The maximum Gasteiger partial charge on any atom is 0.330 e. The van der Waals surface area contributed by atoms with Crippen LogP contribution < -0.4 is 14.9 Å². The molecule has 0 aliphatic carbocycles. The minimum atomic E-state index is -0.762. The zero-order valence-corrected chi connectivity index (χ0v) is 20.1. The molecule has 8 nitrogen and oxygen atoms in total. The number of hydrogen-bond donors (Lipinski definition) is 2. The Hall–Kier alpha value is -4.20. The first kappa shape index (κ1) is 25.4. The van der Waals surface area contributed by atoms with Crippen LogP contribution in [0.25, 0.3) is 22.3 Å². The van der Waals surface area contributed by atoms with E-state index >= 15 is 0 Å². The fourth-order valence-electron chi connectivity index (χ4n) is 3.41. The fourth-order valence-corrected chi connectivity index (χ4v) is 3.41. The van der Waals surface area contributed by atoms with Gasteiger partial charge < -0.3 is 28.8 Å². The highest BCUT2D eigenvalue weighted by Crippen LogP contribution is 2.39. The number of methoxy groups -OCH3 is 1. The molecule has 184 valence electrons. The normalized spacial score (nSPS) is 11.0. The third-order valence-corrected chi connectivity index (χ3v) is 5.13. The molecule has 3 rings (SSSR count). The monoisotopic (exact) mass is 480 g/mol. The standard InChI is InChI=1S/C27H28O8/c1-5-33-22(29)7-6-14-34-21-15-20(28)23-24(30)25(31)26(17-9-11-18(32-4)12-10-17)35-27(23)19(21)13-8-16(2)3/h6-12,15,28,31H,5,13-14H2,1-4H3/b7-6+. The molecule has 0 radical (unpaired) electrons. The molecule has 0 spiro atoms. The number of ether oxygens (including phenoxy) is 3. The molecule has 35 heavy (non-hydrogen) atoms. The van der Waals surface area contributed by atoms with Gasteiger partial charge in [-0.1, -0.05) is 11.6 Å². The number of phenolic OH excluding ortho intramolecular Hbond substituents is 1. The van der Waals surface area contributed by atoms with Crippen molar-refractivity contribution < 1.29 is 33.6 Å². The summed E-state index contributed by atoms with van der Waals surface area (Å²) in [7, 11) is 1.53. The first-order valence-electron chi connectivity index (χ1n) is 11.0. The lowest BCUT2D eigenvalue weighted by Gasteiger charge is -2.15. The molecule has 2 N–H and O–H groups in total. The zero-order chi connectivity index (χ0) is 25.5. The molecule has 0 aliphatic heterocycles. The molecule has 2 aromatic carbocycles. The van der Waals surface area contributed by atoms with Gasteiger partial charge in [-0.25, -0.2) is 4.79 Å². The summed E-state index contributed by atoms with van der Waals surface area (Å²) in [5.74, 6) is -0.664. The van der Waals surface area contributed by atoms with Crippen molar-refractivity contribution in [2.45, 2.75) is 27.2 Å². The number of fused-ring (bicyclic) bond motifs is 1. The summed E-state index contributed by atoms with van der Waals surface area (Å²) in [4.78, 5) is 24.6. The van der Waals surface area contributed by atoms with Crippen LogP contribution in [0, 0.1) is 0 Å². The summed E-state index contributed by atoms with van der Waals surface area (Å²) in [5, 5.41) is 21.1. The summed E-state index contributed by atoms with van der Waals surface area (Å²) in [6, 6.07) is 7.96. The van der Waals surface area contributed by atoms with Crippen molar-refractivity contribution in [2.75, 3.05) is 20.3 Å². The molecule has 8 heteroatoms. The number of hydrogen-bond acceptors (Lipinski definition) is 8. The number of rotatable bonds is 9.